The first-order valence-corrected chi connectivity index (χ1v) is 7.96. The summed E-state index contributed by atoms with van der Waals surface area (Å²) in [4.78, 5) is 5.37. The molecule has 3 rings (SSSR count). The van der Waals surface area contributed by atoms with Crippen molar-refractivity contribution in [2.24, 2.45) is 11.8 Å². The Balaban J connectivity index is 1.50. The Kier molecular flexibility index (Phi) is 3.92. The minimum atomic E-state index is 0.732. The second-order valence-electron chi connectivity index (χ2n) is 6.70. The summed E-state index contributed by atoms with van der Waals surface area (Å²) < 4.78 is 0. The van der Waals surface area contributed by atoms with Gasteiger partial charge in [-0.25, -0.2) is 0 Å². The molecule has 0 aromatic heterocycles. The zero-order valence-electron chi connectivity index (χ0n) is 12.1. The van der Waals surface area contributed by atoms with Crippen LogP contribution >= 0.6 is 0 Å². The topological polar surface area (TPSA) is 18.5 Å². The third kappa shape index (κ3) is 2.89. The van der Waals surface area contributed by atoms with Gasteiger partial charge in [0.2, 0.25) is 0 Å². The molecule has 3 fully saturated rings. The zero-order chi connectivity index (χ0) is 12.5. The van der Waals surface area contributed by atoms with E-state index in [0.29, 0.717) is 0 Å². The molecule has 0 aromatic carbocycles. The first-order chi connectivity index (χ1) is 8.76. The van der Waals surface area contributed by atoms with Crippen molar-refractivity contribution in [2.45, 2.75) is 45.2 Å². The maximum atomic E-state index is 3.75. The summed E-state index contributed by atoms with van der Waals surface area (Å²) in [6.45, 7) is 12.4. The minimum Gasteiger partial charge on any atom is -0.311 e. The van der Waals surface area contributed by atoms with Gasteiger partial charge < -0.3 is 10.2 Å². The van der Waals surface area contributed by atoms with Crippen molar-refractivity contribution in [2.75, 3.05) is 39.3 Å². The highest BCUT2D eigenvalue weighted by molar-refractivity contribution is 4.94. The molecular formula is C15H29N3. The van der Waals surface area contributed by atoms with Crippen LogP contribution in [0.5, 0.6) is 0 Å². The minimum absolute atomic E-state index is 0.732. The molecule has 1 saturated carbocycles. The zero-order valence-corrected chi connectivity index (χ0v) is 12.1. The van der Waals surface area contributed by atoms with Gasteiger partial charge in [-0.15, -0.1) is 0 Å². The molecule has 2 aliphatic heterocycles. The lowest BCUT2D eigenvalue weighted by Crippen LogP contribution is -2.57. The number of likely N-dealkylation sites (tertiary alicyclic amines) is 1. The van der Waals surface area contributed by atoms with E-state index in [4.69, 9.17) is 0 Å². The molecule has 104 valence electrons. The molecular weight excluding hydrogens is 222 g/mol. The van der Waals surface area contributed by atoms with Gasteiger partial charge in [0.05, 0.1) is 0 Å². The molecule has 3 heteroatoms. The van der Waals surface area contributed by atoms with Gasteiger partial charge in [0, 0.05) is 38.3 Å². The van der Waals surface area contributed by atoms with Crippen LogP contribution in [0.1, 0.15) is 33.1 Å². The largest absolute Gasteiger partial charge is 0.311 e. The predicted octanol–water partition coefficient (Wildman–Crippen LogP) is 1.40. The molecule has 3 nitrogen and oxygen atoms in total. The van der Waals surface area contributed by atoms with Crippen molar-refractivity contribution in [3.05, 3.63) is 0 Å². The van der Waals surface area contributed by atoms with E-state index >= 15 is 0 Å². The van der Waals surface area contributed by atoms with Crippen LogP contribution in [0.2, 0.25) is 0 Å². The monoisotopic (exact) mass is 251 g/mol. The molecule has 0 amide bonds. The van der Waals surface area contributed by atoms with E-state index in [9.17, 15) is 0 Å². The maximum absolute atomic E-state index is 3.75. The Labute approximate surface area is 112 Å². The van der Waals surface area contributed by atoms with E-state index in [1.807, 2.05) is 0 Å². The van der Waals surface area contributed by atoms with Crippen molar-refractivity contribution in [3.8, 4) is 0 Å². The molecule has 2 saturated heterocycles. The summed E-state index contributed by atoms with van der Waals surface area (Å²) in [6, 6.07) is 1.53. The molecule has 1 N–H and O–H groups in total. The Morgan fingerprint density at radius 2 is 2.00 bits per heavy atom. The second kappa shape index (κ2) is 5.48. The number of nitrogens with zero attached hydrogens (tertiary/aromatic N) is 2. The Bertz CT molecular complexity index is 277. The third-order valence-electron chi connectivity index (χ3n) is 5.23. The first-order valence-electron chi connectivity index (χ1n) is 7.96. The van der Waals surface area contributed by atoms with Gasteiger partial charge in [0.15, 0.2) is 0 Å². The normalized spacial score (nSPS) is 39.3. The van der Waals surface area contributed by atoms with Crippen molar-refractivity contribution >= 4 is 0 Å². The highest BCUT2D eigenvalue weighted by Gasteiger charge is 2.37. The van der Waals surface area contributed by atoms with Crippen LogP contribution in [-0.2, 0) is 0 Å². The Morgan fingerprint density at radius 1 is 1.17 bits per heavy atom. The fraction of sp³-hybridized carbons (Fsp3) is 1.00. The SMILES string of the molecule is CCN1CCC(CN2CC(C3CC3)NCC2C)C1. The van der Waals surface area contributed by atoms with E-state index in [2.05, 4.69) is 29.0 Å². The molecule has 18 heavy (non-hydrogen) atoms. The number of rotatable bonds is 4. The number of hydrogen-bond acceptors (Lipinski definition) is 3. The fourth-order valence-corrected chi connectivity index (χ4v) is 3.70. The molecule has 3 aliphatic rings. The van der Waals surface area contributed by atoms with Crippen LogP contribution in [0.25, 0.3) is 0 Å². The van der Waals surface area contributed by atoms with Crippen molar-refractivity contribution in [1.29, 1.82) is 0 Å². The molecule has 0 bridgehead atoms. The lowest BCUT2D eigenvalue weighted by molar-refractivity contribution is 0.113. The highest BCUT2D eigenvalue weighted by Crippen LogP contribution is 2.34. The van der Waals surface area contributed by atoms with Gasteiger partial charge >= 0.3 is 0 Å². The summed E-state index contributed by atoms with van der Waals surface area (Å²) in [5.41, 5.74) is 0. The van der Waals surface area contributed by atoms with E-state index in [-0.39, 0.29) is 0 Å². The standard InChI is InChI=1S/C15H29N3/c1-3-17-7-6-13(9-17)10-18-11-15(14-4-5-14)16-8-12(18)2/h12-16H,3-11H2,1-2H3. The quantitative estimate of drug-likeness (QED) is 0.815. The summed E-state index contributed by atoms with van der Waals surface area (Å²) in [6.07, 6.45) is 4.35. The molecule has 3 atom stereocenters. The van der Waals surface area contributed by atoms with E-state index < -0.39 is 0 Å². The molecule has 0 aromatic rings. The van der Waals surface area contributed by atoms with Gasteiger partial charge in [-0.2, -0.15) is 0 Å². The molecule has 1 aliphatic carbocycles. The molecule has 3 unspecified atom stereocenters. The van der Waals surface area contributed by atoms with Crippen molar-refractivity contribution < 1.29 is 0 Å². The van der Waals surface area contributed by atoms with Gasteiger partial charge in [-0.3, -0.25) is 4.90 Å². The van der Waals surface area contributed by atoms with Crippen LogP contribution in [0.4, 0.5) is 0 Å². The Morgan fingerprint density at radius 3 is 2.67 bits per heavy atom. The van der Waals surface area contributed by atoms with Crippen LogP contribution in [-0.4, -0.2) is 61.2 Å². The summed E-state index contributed by atoms with van der Waals surface area (Å²) in [5, 5.41) is 3.75. The smallest absolute Gasteiger partial charge is 0.0224 e. The molecule has 0 spiro atoms. The molecule has 2 heterocycles. The summed E-state index contributed by atoms with van der Waals surface area (Å²) in [7, 11) is 0. The number of nitrogens with one attached hydrogen (secondary N) is 1. The third-order valence-corrected chi connectivity index (χ3v) is 5.23. The van der Waals surface area contributed by atoms with Crippen LogP contribution in [0.15, 0.2) is 0 Å². The van der Waals surface area contributed by atoms with Gasteiger partial charge in [0.25, 0.3) is 0 Å². The number of piperazine rings is 1. The summed E-state index contributed by atoms with van der Waals surface area (Å²) >= 11 is 0. The van der Waals surface area contributed by atoms with E-state index in [0.717, 1.165) is 23.9 Å². The van der Waals surface area contributed by atoms with E-state index in [1.165, 1.54) is 58.5 Å². The first kappa shape index (κ1) is 12.9. The van der Waals surface area contributed by atoms with Gasteiger partial charge in [0.1, 0.15) is 0 Å². The van der Waals surface area contributed by atoms with Gasteiger partial charge in [-0.1, -0.05) is 6.92 Å². The van der Waals surface area contributed by atoms with Crippen molar-refractivity contribution in [1.82, 2.24) is 15.1 Å². The van der Waals surface area contributed by atoms with Crippen molar-refractivity contribution in [3.63, 3.8) is 0 Å². The number of hydrogen-bond donors (Lipinski definition) is 1. The van der Waals surface area contributed by atoms with Crippen LogP contribution in [0, 0.1) is 11.8 Å². The average molecular weight is 251 g/mol. The summed E-state index contributed by atoms with van der Waals surface area (Å²) in [5.74, 6) is 1.92. The fourth-order valence-electron chi connectivity index (χ4n) is 3.70. The lowest BCUT2D eigenvalue weighted by Gasteiger charge is -2.40. The second-order valence-corrected chi connectivity index (χ2v) is 6.70. The van der Waals surface area contributed by atoms with Crippen LogP contribution in [0.3, 0.4) is 0 Å². The highest BCUT2D eigenvalue weighted by atomic mass is 15.2. The average Bonchev–Trinajstić information content (AvgIpc) is 3.13. The van der Waals surface area contributed by atoms with Crippen LogP contribution < -0.4 is 5.32 Å². The maximum Gasteiger partial charge on any atom is 0.0224 e. The molecule has 0 radical (unpaired) electrons. The lowest BCUT2D eigenvalue weighted by atomic mass is 10.0. The van der Waals surface area contributed by atoms with E-state index in [1.54, 1.807) is 0 Å². The van der Waals surface area contributed by atoms with Gasteiger partial charge in [-0.05, 0) is 51.1 Å². The Hall–Kier alpha value is -0.120. The predicted molar refractivity (Wildman–Crippen MR) is 75.8 cm³/mol.